The molecule has 19 heavy (non-hydrogen) atoms. The molecule has 2 nitrogen and oxygen atoms in total. The second-order valence-electron chi connectivity index (χ2n) is 4.40. The molecule has 1 aliphatic carbocycles. The quantitative estimate of drug-likeness (QED) is 0.503. The highest BCUT2D eigenvalue weighted by Gasteiger charge is 2.30. The third kappa shape index (κ3) is 2.41. The number of rotatable bonds is 2. The fourth-order valence-corrected chi connectivity index (χ4v) is 2.13. The molecular formula is C12H10F5NO. The molecule has 0 atom stereocenters. The molecule has 1 saturated carbocycles. The lowest BCUT2D eigenvalue weighted by Gasteiger charge is -2.13. The molecule has 0 radical (unpaired) electrons. The highest BCUT2D eigenvalue weighted by atomic mass is 19.2. The Balaban J connectivity index is 2.36. The second kappa shape index (κ2) is 5.14. The molecule has 0 saturated heterocycles. The first-order valence-corrected chi connectivity index (χ1v) is 5.75. The van der Waals surface area contributed by atoms with Crippen molar-refractivity contribution in [1.82, 2.24) is 5.32 Å². The smallest absolute Gasteiger partial charge is 0.257 e. The Bertz CT molecular complexity index is 496. The van der Waals surface area contributed by atoms with Crippen molar-refractivity contribution >= 4 is 5.91 Å². The van der Waals surface area contributed by atoms with E-state index in [1.165, 1.54) is 0 Å². The Morgan fingerprint density at radius 3 is 1.74 bits per heavy atom. The summed E-state index contributed by atoms with van der Waals surface area (Å²) in [5.41, 5.74) is -1.43. The van der Waals surface area contributed by atoms with Crippen molar-refractivity contribution in [2.75, 3.05) is 0 Å². The van der Waals surface area contributed by atoms with Crippen LogP contribution in [0.1, 0.15) is 36.0 Å². The molecule has 7 heteroatoms. The SMILES string of the molecule is O=C(NC1CCCC1)c1c(F)c(F)c(F)c(F)c1F. The second-order valence-corrected chi connectivity index (χ2v) is 4.40. The van der Waals surface area contributed by atoms with Crippen molar-refractivity contribution in [3.8, 4) is 0 Å². The number of carbonyl (C=O) groups is 1. The first-order valence-electron chi connectivity index (χ1n) is 5.75. The topological polar surface area (TPSA) is 29.1 Å². The van der Waals surface area contributed by atoms with Gasteiger partial charge in [0.2, 0.25) is 5.82 Å². The van der Waals surface area contributed by atoms with E-state index in [1.807, 2.05) is 0 Å². The van der Waals surface area contributed by atoms with Crippen LogP contribution in [0.15, 0.2) is 0 Å². The molecule has 1 amide bonds. The monoisotopic (exact) mass is 279 g/mol. The maximum absolute atomic E-state index is 13.3. The van der Waals surface area contributed by atoms with Crippen molar-refractivity contribution in [3.63, 3.8) is 0 Å². The van der Waals surface area contributed by atoms with Crippen molar-refractivity contribution in [2.24, 2.45) is 0 Å². The molecule has 1 fully saturated rings. The zero-order valence-electron chi connectivity index (χ0n) is 9.70. The van der Waals surface area contributed by atoms with Gasteiger partial charge in [0, 0.05) is 6.04 Å². The minimum Gasteiger partial charge on any atom is -0.349 e. The van der Waals surface area contributed by atoms with Gasteiger partial charge in [0.05, 0.1) is 0 Å². The largest absolute Gasteiger partial charge is 0.349 e. The van der Waals surface area contributed by atoms with Crippen molar-refractivity contribution in [2.45, 2.75) is 31.7 Å². The third-order valence-electron chi connectivity index (χ3n) is 3.13. The van der Waals surface area contributed by atoms with Gasteiger partial charge in [-0.2, -0.15) is 0 Å². The van der Waals surface area contributed by atoms with Crippen molar-refractivity contribution in [1.29, 1.82) is 0 Å². The van der Waals surface area contributed by atoms with E-state index >= 15 is 0 Å². The van der Waals surface area contributed by atoms with Crippen LogP contribution in [0.4, 0.5) is 22.0 Å². The fourth-order valence-electron chi connectivity index (χ4n) is 2.13. The lowest BCUT2D eigenvalue weighted by molar-refractivity contribution is 0.0926. The minimum atomic E-state index is -2.27. The molecular weight excluding hydrogens is 269 g/mol. The molecule has 1 aliphatic rings. The number of nitrogens with one attached hydrogen (secondary N) is 1. The summed E-state index contributed by atoms with van der Waals surface area (Å²) in [7, 11) is 0. The van der Waals surface area contributed by atoms with E-state index in [1.54, 1.807) is 0 Å². The molecule has 0 unspecified atom stereocenters. The Labute approximate surface area is 105 Å². The summed E-state index contributed by atoms with van der Waals surface area (Å²) in [4.78, 5) is 11.6. The number of amides is 1. The van der Waals surface area contributed by atoms with E-state index in [2.05, 4.69) is 5.32 Å². The number of hydrogen-bond donors (Lipinski definition) is 1. The fraction of sp³-hybridized carbons (Fsp3) is 0.417. The first kappa shape index (κ1) is 13.8. The third-order valence-corrected chi connectivity index (χ3v) is 3.13. The van der Waals surface area contributed by atoms with Crippen LogP contribution in [0, 0.1) is 29.1 Å². The van der Waals surface area contributed by atoms with Gasteiger partial charge in [0.15, 0.2) is 23.3 Å². The van der Waals surface area contributed by atoms with Crippen LogP contribution >= 0.6 is 0 Å². The number of halogens is 5. The van der Waals surface area contributed by atoms with Gasteiger partial charge < -0.3 is 5.32 Å². The maximum atomic E-state index is 13.3. The molecule has 104 valence electrons. The normalized spacial score (nSPS) is 15.8. The van der Waals surface area contributed by atoms with Gasteiger partial charge in [0.1, 0.15) is 5.56 Å². The summed E-state index contributed by atoms with van der Waals surface area (Å²) >= 11 is 0. The highest BCUT2D eigenvalue weighted by Crippen LogP contribution is 2.24. The standard InChI is InChI=1S/C12H10F5NO/c13-7-6(8(14)10(16)11(17)9(7)15)12(19)18-5-3-1-2-4-5/h5H,1-4H2,(H,18,19). The summed E-state index contributed by atoms with van der Waals surface area (Å²) in [6, 6.07) is -0.289. The van der Waals surface area contributed by atoms with Crippen LogP contribution in [0.3, 0.4) is 0 Å². The van der Waals surface area contributed by atoms with E-state index in [4.69, 9.17) is 0 Å². The Morgan fingerprint density at radius 2 is 1.26 bits per heavy atom. The lowest BCUT2D eigenvalue weighted by atomic mass is 10.1. The van der Waals surface area contributed by atoms with E-state index in [0.29, 0.717) is 12.8 Å². The van der Waals surface area contributed by atoms with Crippen LogP contribution < -0.4 is 5.32 Å². The summed E-state index contributed by atoms with van der Waals surface area (Å²) in [5, 5.41) is 2.28. The van der Waals surface area contributed by atoms with Gasteiger partial charge in [-0.1, -0.05) is 12.8 Å². The van der Waals surface area contributed by atoms with E-state index in [0.717, 1.165) is 12.8 Å². The predicted molar refractivity (Wildman–Crippen MR) is 56.0 cm³/mol. The Kier molecular flexibility index (Phi) is 3.73. The average molecular weight is 279 g/mol. The molecule has 0 heterocycles. The molecule has 1 aromatic carbocycles. The molecule has 0 bridgehead atoms. The minimum absolute atomic E-state index is 0.289. The van der Waals surface area contributed by atoms with Crippen LogP contribution in [-0.4, -0.2) is 11.9 Å². The highest BCUT2D eigenvalue weighted by molar-refractivity contribution is 5.95. The Morgan fingerprint density at radius 1 is 0.842 bits per heavy atom. The number of carbonyl (C=O) groups excluding carboxylic acids is 1. The van der Waals surface area contributed by atoms with E-state index in [-0.39, 0.29) is 6.04 Å². The van der Waals surface area contributed by atoms with Gasteiger partial charge in [0.25, 0.3) is 5.91 Å². The van der Waals surface area contributed by atoms with Crippen molar-refractivity contribution in [3.05, 3.63) is 34.6 Å². The summed E-state index contributed by atoms with van der Waals surface area (Å²) < 4.78 is 65.4. The van der Waals surface area contributed by atoms with Gasteiger partial charge in [-0.05, 0) is 12.8 Å². The van der Waals surface area contributed by atoms with Crippen LogP contribution in [0.2, 0.25) is 0 Å². The molecule has 1 aromatic rings. The average Bonchev–Trinajstić information content (AvgIpc) is 2.87. The summed E-state index contributed by atoms with van der Waals surface area (Å²) in [5.74, 6) is -12.0. The molecule has 1 N–H and O–H groups in total. The molecule has 0 aromatic heterocycles. The Hall–Kier alpha value is -1.66. The van der Waals surface area contributed by atoms with Gasteiger partial charge in [-0.15, -0.1) is 0 Å². The zero-order valence-corrected chi connectivity index (χ0v) is 9.70. The van der Waals surface area contributed by atoms with Gasteiger partial charge >= 0.3 is 0 Å². The van der Waals surface area contributed by atoms with E-state index < -0.39 is 40.6 Å². The maximum Gasteiger partial charge on any atom is 0.257 e. The van der Waals surface area contributed by atoms with Gasteiger partial charge in [-0.25, -0.2) is 22.0 Å². The van der Waals surface area contributed by atoms with E-state index in [9.17, 15) is 26.7 Å². The summed E-state index contributed by atoms with van der Waals surface area (Å²) in [6.07, 6.45) is 2.95. The molecule has 0 spiro atoms. The molecule has 0 aliphatic heterocycles. The van der Waals surface area contributed by atoms with Crippen LogP contribution in [-0.2, 0) is 0 Å². The lowest BCUT2D eigenvalue weighted by Crippen LogP contribution is -2.34. The number of benzene rings is 1. The zero-order chi connectivity index (χ0) is 14.2. The number of hydrogen-bond acceptors (Lipinski definition) is 1. The van der Waals surface area contributed by atoms with Crippen LogP contribution in [0.5, 0.6) is 0 Å². The van der Waals surface area contributed by atoms with Crippen molar-refractivity contribution < 1.29 is 26.7 Å². The predicted octanol–water partition coefficient (Wildman–Crippen LogP) is 3.05. The first-order chi connectivity index (χ1) is 8.93. The summed E-state index contributed by atoms with van der Waals surface area (Å²) in [6.45, 7) is 0. The molecule has 2 rings (SSSR count). The van der Waals surface area contributed by atoms with Crippen LogP contribution in [0.25, 0.3) is 0 Å². The van der Waals surface area contributed by atoms with Gasteiger partial charge in [-0.3, -0.25) is 4.79 Å².